The van der Waals surface area contributed by atoms with E-state index in [1.54, 1.807) is 25.3 Å². The fraction of sp³-hybridized carbons (Fsp3) is 0.0400. The van der Waals surface area contributed by atoms with E-state index in [1.807, 2.05) is 60.7 Å². The lowest BCUT2D eigenvalue weighted by atomic mass is 10.0. The van der Waals surface area contributed by atoms with E-state index in [9.17, 15) is 4.79 Å². The molecule has 4 aromatic rings. The van der Waals surface area contributed by atoms with Gasteiger partial charge in [-0.3, -0.25) is 4.79 Å². The first-order valence-corrected chi connectivity index (χ1v) is 10.4. The molecule has 0 fully saturated rings. The van der Waals surface area contributed by atoms with Gasteiger partial charge < -0.3 is 15.8 Å². The fourth-order valence-electron chi connectivity index (χ4n) is 3.24. The Kier molecular flexibility index (Phi) is 5.82. The average Bonchev–Trinajstić information content (AvgIpc) is 3.21. The molecule has 0 saturated heterocycles. The maximum Gasteiger partial charge on any atom is 0.255 e. The van der Waals surface area contributed by atoms with Gasteiger partial charge in [-0.15, -0.1) is 0 Å². The van der Waals surface area contributed by atoms with Crippen LogP contribution in [0, 0.1) is 0 Å². The molecule has 1 heterocycles. The lowest BCUT2D eigenvalue weighted by molar-refractivity contribution is 0.102. The van der Waals surface area contributed by atoms with Crippen LogP contribution in [0.1, 0.15) is 15.9 Å². The van der Waals surface area contributed by atoms with Crippen molar-refractivity contribution in [3.8, 4) is 27.4 Å². The van der Waals surface area contributed by atoms with E-state index >= 15 is 0 Å². The predicted molar refractivity (Wildman–Crippen MR) is 128 cm³/mol. The first kappa shape index (κ1) is 20.4. The highest BCUT2D eigenvalue weighted by molar-refractivity contribution is 7.19. The molecule has 1 amide bonds. The minimum Gasteiger partial charge on any atom is -0.497 e. The highest BCUT2D eigenvalue weighted by atomic mass is 32.1. The number of hydrogen-bond donors (Lipinski definition) is 2. The minimum absolute atomic E-state index is 0.181. The van der Waals surface area contributed by atoms with Crippen LogP contribution < -0.4 is 15.8 Å². The molecule has 0 aliphatic heterocycles. The Morgan fingerprint density at radius 2 is 1.77 bits per heavy atom. The second-order valence-electron chi connectivity index (χ2n) is 6.78. The molecular weight excluding hydrogens is 406 g/mol. The lowest BCUT2D eigenvalue weighted by Gasteiger charge is -2.11. The minimum atomic E-state index is -0.181. The number of methoxy groups -OCH3 is 1. The molecule has 6 heteroatoms. The summed E-state index contributed by atoms with van der Waals surface area (Å²) in [5.41, 5.74) is 10.8. The molecule has 0 unspecified atom stereocenters. The summed E-state index contributed by atoms with van der Waals surface area (Å²) in [6.07, 6.45) is 1.72. The zero-order valence-corrected chi connectivity index (χ0v) is 17.8. The van der Waals surface area contributed by atoms with Gasteiger partial charge in [-0.05, 0) is 53.6 Å². The Balaban J connectivity index is 1.73. The molecule has 4 rings (SSSR count). The number of aromatic nitrogens is 1. The smallest absolute Gasteiger partial charge is 0.255 e. The van der Waals surface area contributed by atoms with Crippen molar-refractivity contribution in [1.29, 1.82) is 0 Å². The number of thiazole rings is 1. The van der Waals surface area contributed by atoms with Crippen LogP contribution in [0.25, 0.3) is 27.8 Å². The number of nitrogens with one attached hydrogen (secondary N) is 1. The van der Waals surface area contributed by atoms with E-state index < -0.39 is 0 Å². The lowest BCUT2D eigenvalue weighted by Crippen LogP contribution is -2.12. The number of carbonyl (C=O) groups is 1. The Labute approximate surface area is 184 Å². The number of hydrogen-bond acceptors (Lipinski definition) is 5. The monoisotopic (exact) mass is 427 g/mol. The summed E-state index contributed by atoms with van der Waals surface area (Å²) >= 11 is 1.41. The third kappa shape index (κ3) is 4.34. The van der Waals surface area contributed by atoms with E-state index in [2.05, 4.69) is 16.9 Å². The van der Waals surface area contributed by atoms with Crippen LogP contribution in [0.3, 0.4) is 0 Å². The highest BCUT2D eigenvalue weighted by Crippen LogP contribution is 2.40. The van der Waals surface area contributed by atoms with Crippen molar-refractivity contribution < 1.29 is 9.53 Å². The molecule has 154 valence electrons. The van der Waals surface area contributed by atoms with Gasteiger partial charge >= 0.3 is 0 Å². The Morgan fingerprint density at radius 3 is 2.45 bits per heavy atom. The zero-order chi connectivity index (χ0) is 21.8. The molecule has 0 bridgehead atoms. The first-order chi connectivity index (χ1) is 15.1. The average molecular weight is 428 g/mol. The maximum atomic E-state index is 12.7. The molecule has 31 heavy (non-hydrogen) atoms. The van der Waals surface area contributed by atoms with E-state index in [1.165, 1.54) is 11.3 Å². The predicted octanol–water partition coefficient (Wildman–Crippen LogP) is 5.96. The highest BCUT2D eigenvalue weighted by Gasteiger charge is 2.16. The van der Waals surface area contributed by atoms with Gasteiger partial charge in [-0.25, -0.2) is 4.98 Å². The van der Waals surface area contributed by atoms with Crippen LogP contribution >= 0.6 is 11.3 Å². The first-order valence-electron chi connectivity index (χ1n) is 9.63. The molecule has 1 aromatic heterocycles. The van der Waals surface area contributed by atoms with Gasteiger partial charge in [0, 0.05) is 16.8 Å². The summed E-state index contributed by atoms with van der Waals surface area (Å²) in [6.45, 7) is 3.87. The molecule has 3 N–H and O–H groups in total. The van der Waals surface area contributed by atoms with Gasteiger partial charge in [-0.1, -0.05) is 54.3 Å². The van der Waals surface area contributed by atoms with Crippen molar-refractivity contribution in [3.05, 3.63) is 90.5 Å². The van der Waals surface area contributed by atoms with Crippen LogP contribution in [0.4, 0.5) is 10.8 Å². The van der Waals surface area contributed by atoms with Crippen LogP contribution in [-0.2, 0) is 0 Å². The molecule has 3 aromatic carbocycles. The van der Waals surface area contributed by atoms with Crippen molar-refractivity contribution in [2.75, 3.05) is 18.2 Å². The van der Waals surface area contributed by atoms with Crippen molar-refractivity contribution >= 4 is 34.1 Å². The number of ether oxygens (including phenoxy) is 1. The van der Waals surface area contributed by atoms with E-state index in [-0.39, 0.29) is 5.91 Å². The molecule has 5 nitrogen and oxygen atoms in total. The van der Waals surface area contributed by atoms with E-state index in [4.69, 9.17) is 10.5 Å². The van der Waals surface area contributed by atoms with Crippen molar-refractivity contribution in [2.24, 2.45) is 0 Å². The number of nitrogens with two attached hydrogens (primary N) is 1. The summed E-state index contributed by atoms with van der Waals surface area (Å²) in [5.74, 6) is 0.592. The summed E-state index contributed by atoms with van der Waals surface area (Å²) in [4.78, 5) is 18.2. The third-order valence-corrected chi connectivity index (χ3v) is 5.76. The van der Waals surface area contributed by atoms with Crippen LogP contribution in [-0.4, -0.2) is 18.0 Å². The van der Waals surface area contributed by atoms with Crippen molar-refractivity contribution in [2.45, 2.75) is 0 Å². The van der Waals surface area contributed by atoms with E-state index in [0.29, 0.717) is 16.4 Å². The van der Waals surface area contributed by atoms with Crippen LogP contribution in [0.5, 0.6) is 5.75 Å². The molecular formula is C25H21N3O2S. The normalized spacial score (nSPS) is 10.5. The maximum absolute atomic E-state index is 12.7. The van der Waals surface area contributed by atoms with Gasteiger partial charge in [0.1, 0.15) is 5.75 Å². The molecule has 0 spiro atoms. The number of nitrogen functional groups attached to an aromatic ring is 1. The number of carbonyl (C=O) groups excluding carboxylic acids is 1. The van der Waals surface area contributed by atoms with Gasteiger partial charge in [-0.2, -0.15) is 0 Å². The largest absolute Gasteiger partial charge is 0.497 e. The van der Waals surface area contributed by atoms with Gasteiger partial charge in [0.05, 0.1) is 17.7 Å². The zero-order valence-electron chi connectivity index (χ0n) is 17.0. The second-order valence-corrected chi connectivity index (χ2v) is 7.82. The topological polar surface area (TPSA) is 77.2 Å². The number of anilines is 2. The Morgan fingerprint density at radius 1 is 1.06 bits per heavy atom. The number of benzene rings is 3. The van der Waals surface area contributed by atoms with Crippen molar-refractivity contribution in [3.63, 3.8) is 0 Å². The molecule has 0 radical (unpaired) electrons. The Hall–Kier alpha value is -3.90. The number of rotatable bonds is 6. The molecule has 0 atom stereocenters. The third-order valence-electron chi connectivity index (χ3n) is 4.83. The standard InChI is InChI=1S/C25H21N3O2S/c1-3-16-9-10-19(15-21(16)27-24(29)18-7-5-4-6-8-18)23-22(28-25(26)31-23)17-11-13-20(30-2)14-12-17/h3-15H,1H2,2H3,(H2,26,28)(H,27,29). The van der Waals surface area contributed by atoms with Gasteiger partial charge in [0.2, 0.25) is 0 Å². The van der Waals surface area contributed by atoms with Crippen molar-refractivity contribution in [1.82, 2.24) is 4.98 Å². The summed E-state index contributed by atoms with van der Waals surface area (Å²) < 4.78 is 5.25. The van der Waals surface area contributed by atoms with Crippen LogP contribution in [0.2, 0.25) is 0 Å². The molecule has 0 aliphatic carbocycles. The SMILES string of the molecule is C=Cc1ccc(-c2sc(N)nc2-c2ccc(OC)cc2)cc1NC(=O)c1ccccc1. The van der Waals surface area contributed by atoms with Crippen LogP contribution in [0.15, 0.2) is 79.4 Å². The van der Waals surface area contributed by atoms with E-state index in [0.717, 1.165) is 33.0 Å². The second kappa shape index (κ2) is 8.85. The fourth-order valence-corrected chi connectivity index (χ4v) is 4.10. The quantitative estimate of drug-likeness (QED) is 0.398. The Bertz CT molecular complexity index is 1230. The number of nitrogens with zero attached hydrogens (tertiary/aromatic N) is 1. The molecule has 0 aliphatic rings. The summed E-state index contributed by atoms with van der Waals surface area (Å²) in [5, 5.41) is 3.47. The van der Waals surface area contributed by atoms with Gasteiger partial charge in [0.25, 0.3) is 5.91 Å². The van der Waals surface area contributed by atoms with Gasteiger partial charge in [0.15, 0.2) is 5.13 Å². The summed E-state index contributed by atoms with van der Waals surface area (Å²) in [6, 6.07) is 22.6. The molecule has 0 saturated carbocycles. The number of amides is 1. The summed E-state index contributed by atoms with van der Waals surface area (Å²) in [7, 11) is 1.63.